The van der Waals surface area contributed by atoms with Crippen LogP contribution in [0, 0.1) is 0 Å². The summed E-state index contributed by atoms with van der Waals surface area (Å²) in [7, 11) is 0. The lowest BCUT2D eigenvalue weighted by molar-refractivity contribution is 0.620. The largest absolute Gasteiger partial charge is 0.456 e. The first-order valence-electron chi connectivity index (χ1n) is 17.1. The molecule has 0 unspecified atom stereocenters. The Balaban J connectivity index is 1.03. The third-order valence-electron chi connectivity index (χ3n) is 9.71. The van der Waals surface area contributed by atoms with E-state index in [0.29, 0.717) is 5.89 Å². The van der Waals surface area contributed by atoms with Crippen LogP contribution in [0.5, 0.6) is 0 Å². The van der Waals surface area contributed by atoms with Crippen LogP contribution in [0.1, 0.15) is 0 Å². The van der Waals surface area contributed by atoms with Crippen LogP contribution >= 0.6 is 0 Å². The highest BCUT2D eigenvalue weighted by Crippen LogP contribution is 2.40. The van der Waals surface area contributed by atoms with Crippen LogP contribution in [0.3, 0.4) is 0 Å². The monoisotopic (exact) mass is 654 g/mol. The summed E-state index contributed by atoms with van der Waals surface area (Å²) in [5, 5.41) is 4.43. The molecule has 0 bridgehead atoms. The Labute approximate surface area is 294 Å². The van der Waals surface area contributed by atoms with Gasteiger partial charge in [0.25, 0.3) is 0 Å². The summed E-state index contributed by atoms with van der Waals surface area (Å²) in [6, 6.07) is 63.5. The molecular formula is C47H30N2O2. The average Bonchev–Trinajstić information content (AvgIpc) is 3.81. The van der Waals surface area contributed by atoms with Gasteiger partial charge in [-0.3, -0.25) is 0 Å². The Morgan fingerprint density at radius 1 is 0.353 bits per heavy atom. The second kappa shape index (κ2) is 11.9. The Bertz CT molecular complexity index is 2840. The number of anilines is 3. The van der Waals surface area contributed by atoms with Gasteiger partial charge < -0.3 is 13.7 Å². The first-order valence-corrected chi connectivity index (χ1v) is 17.1. The SMILES string of the molecule is c1ccc(-c2ccc(N(c3ccc(-c4ccc5c(ccc6oc(-c7ccccc7)nc65)c4)cc3)c3ccc4c(c3)oc3ccccc34)cc2)cc1. The second-order valence-corrected chi connectivity index (χ2v) is 12.8. The molecule has 0 aliphatic heterocycles. The van der Waals surface area contributed by atoms with Gasteiger partial charge in [-0.1, -0.05) is 109 Å². The van der Waals surface area contributed by atoms with Crippen LogP contribution in [-0.2, 0) is 0 Å². The number of aromatic nitrogens is 1. The van der Waals surface area contributed by atoms with Gasteiger partial charge in [0.15, 0.2) is 5.58 Å². The maximum atomic E-state index is 6.32. The number of oxazole rings is 1. The van der Waals surface area contributed by atoms with Crippen molar-refractivity contribution in [2.24, 2.45) is 0 Å². The summed E-state index contributed by atoms with van der Waals surface area (Å²) in [6.45, 7) is 0. The van der Waals surface area contributed by atoms with E-state index in [2.05, 4.69) is 132 Å². The van der Waals surface area contributed by atoms with Crippen LogP contribution in [0.4, 0.5) is 17.1 Å². The van der Waals surface area contributed by atoms with E-state index >= 15 is 0 Å². The first-order chi connectivity index (χ1) is 25.2. The normalized spacial score (nSPS) is 11.5. The van der Waals surface area contributed by atoms with Gasteiger partial charge in [-0.2, -0.15) is 0 Å². The molecule has 4 heteroatoms. The van der Waals surface area contributed by atoms with Crippen molar-refractivity contribution in [2.45, 2.75) is 0 Å². The lowest BCUT2D eigenvalue weighted by atomic mass is 10.00. The fraction of sp³-hybridized carbons (Fsp3) is 0. The maximum absolute atomic E-state index is 6.32. The molecule has 51 heavy (non-hydrogen) atoms. The maximum Gasteiger partial charge on any atom is 0.227 e. The van der Waals surface area contributed by atoms with E-state index in [1.54, 1.807) is 0 Å². The molecule has 0 N–H and O–H groups in total. The van der Waals surface area contributed by atoms with Gasteiger partial charge in [0.05, 0.1) is 0 Å². The van der Waals surface area contributed by atoms with Crippen molar-refractivity contribution in [3.05, 3.63) is 182 Å². The van der Waals surface area contributed by atoms with E-state index in [4.69, 9.17) is 13.8 Å². The number of para-hydroxylation sites is 1. The molecule has 0 saturated carbocycles. The molecular weight excluding hydrogens is 625 g/mol. The molecule has 10 aromatic rings. The highest BCUT2D eigenvalue weighted by Gasteiger charge is 2.17. The summed E-state index contributed by atoms with van der Waals surface area (Å²) in [5.41, 5.74) is 12.2. The fourth-order valence-electron chi connectivity index (χ4n) is 7.14. The van der Waals surface area contributed by atoms with E-state index in [-0.39, 0.29) is 0 Å². The number of hydrogen-bond acceptors (Lipinski definition) is 4. The molecule has 8 aromatic carbocycles. The van der Waals surface area contributed by atoms with Crippen molar-refractivity contribution in [3.63, 3.8) is 0 Å². The van der Waals surface area contributed by atoms with Crippen molar-refractivity contribution in [2.75, 3.05) is 4.90 Å². The number of nitrogens with zero attached hydrogens (tertiary/aromatic N) is 2. The van der Waals surface area contributed by atoms with Gasteiger partial charge in [-0.25, -0.2) is 4.98 Å². The van der Waals surface area contributed by atoms with Crippen LogP contribution in [0.25, 0.3) is 77.5 Å². The third-order valence-corrected chi connectivity index (χ3v) is 9.71. The molecule has 240 valence electrons. The lowest BCUT2D eigenvalue weighted by Gasteiger charge is -2.26. The second-order valence-electron chi connectivity index (χ2n) is 12.8. The number of benzene rings is 8. The average molecular weight is 655 g/mol. The zero-order valence-electron chi connectivity index (χ0n) is 27.5. The van der Waals surface area contributed by atoms with Gasteiger partial charge in [0.2, 0.25) is 5.89 Å². The first kappa shape index (κ1) is 29.0. The van der Waals surface area contributed by atoms with E-state index < -0.39 is 0 Å². The Morgan fingerprint density at radius 3 is 1.67 bits per heavy atom. The van der Waals surface area contributed by atoms with Crippen LogP contribution < -0.4 is 4.90 Å². The van der Waals surface area contributed by atoms with Crippen molar-refractivity contribution in [3.8, 4) is 33.7 Å². The molecule has 10 rings (SSSR count). The molecule has 0 aliphatic carbocycles. The molecule has 0 amide bonds. The zero-order valence-corrected chi connectivity index (χ0v) is 27.5. The van der Waals surface area contributed by atoms with E-state index in [1.807, 2.05) is 54.6 Å². The molecule has 0 saturated heterocycles. The highest BCUT2D eigenvalue weighted by atomic mass is 16.3. The van der Waals surface area contributed by atoms with Crippen LogP contribution in [0.2, 0.25) is 0 Å². The Hall–Kier alpha value is -6.91. The summed E-state index contributed by atoms with van der Waals surface area (Å²) < 4.78 is 12.4. The topological polar surface area (TPSA) is 42.4 Å². The Kier molecular flexibility index (Phi) is 6.78. The summed E-state index contributed by atoms with van der Waals surface area (Å²) in [4.78, 5) is 7.17. The molecule has 0 aliphatic rings. The van der Waals surface area contributed by atoms with E-state index in [9.17, 15) is 0 Å². The van der Waals surface area contributed by atoms with Gasteiger partial charge in [-0.15, -0.1) is 0 Å². The number of furan rings is 1. The molecule has 0 spiro atoms. The predicted octanol–water partition coefficient (Wildman–Crippen LogP) is 13.4. The van der Waals surface area contributed by atoms with Gasteiger partial charge in [0, 0.05) is 44.9 Å². The van der Waals surface area contributed by atoms with Crippen molar-refractivity contribution >= 4 is 60.9 Å². The predicted molar refractivity (Wildman–Crippen MR) is 210 cm³/mol. The van der Waals surface area contributed by atoms with Crippen molar-refractivity contribution in [1.82, 2.24) is 4.98 Å². The van der Waals surface area contributed by atoms with Crippen LogP contribution in [0.15, 0.2) is 191 Å². The highest BCUT2D eigenvalue weighted by molar-refractivity contribution is 6.07. The standard InChI is InChI=1S/C47H30N2O2/c1-3-9-31(10-4-1)32-15-21-37(22-16-32)49(39-25-27-42-41-13-7-8-14-43(41)50-45(42)30-39)38-23-17-33(18-24-38)35-19-26-40-36(29-35)20-28-44-46(40)48-47(51-44)34-11-5-2-6-12-34/h1-30H. The molecule has 0 radical (unpaired) electrons. The van der Waals surface area contributed by atoms with Gasteiger partial charge in [0.1, 0.15) is 16.7 Å². The number of rotatable bonds is 6. The molecule has 0 fully saturated rings. The summed E-state index contributed by atoms with van der Waals surface area (Å²) in [6.07, 6.45) is 0. The molecule has 2 aromatic heterocycles. The van der Waals surface area contributed by atoms with Crippen molar-refractivity contribution in [1.29, 1.82) is 0 Å². The third kappa shape index (κ3) is 5.13. The summed E-state index contributed by atoms with van der Waals surface area (Å²) >= 11 is 0. The number of hydrogen-bond donors (Lipinski definition) is 0. The van der Waals surface area contributed by atoms with E-state index in [1.165, 1.54) is 11.1 Å². The Morgan fingerprint density at radius 2 is 0.922 bits per heavy atom. The van der Waals surface area contributed by atoms with Crippen molar-refractivity contribution < 1.29 is 8.83 Å². The number of fused-ring (bicyclic) bond motifs is 6. The minimum absolute atomic E-state index is 0.636. The smallest absolute Gasteiger partial charge is 0.227 e. The quantitative estimate of drug-likeness (QED) is 0.179. The molecule has 0 atom stereocenters. The van der Waals surface area contributed by atoms with E-state index in [0.717, 1.165) is 77.6 Å². The minimum Gasteiger partial charge on any atom is -0.456 e. The minimum atomic E-state index is 0.636. The van der Waals surface area contributed by atoms with Gasteiger partial charge in [-0.05, 0) is 94.4 Å². The summed E-state index contributed by atoms with van der Waals surface area (Å²) in [5.74, 6) is 0.636. The van der Waals surface area contributed by atoms with Crippen LogP contribution in [-0.4, -0.2) is 4.98 Å². The fourth-order valence-corrected chi connectivity index (χ4v) is 7.14. The molecule has 4 nitrogen and oxygen atoms in total. The molecule has 2 heterocycles. The lowest BCUT2D eigenvalue weighted by Crippen LogP contribution is -2.09. The van der Waals surface area contributed by atoms with Gasteiger partial charge >= 0.3 is 0 Å². The zero-order chi connectivity index (χ0) is 33.7.